The number of hydrogen-bond acceptors (Lipinski definition) is 3. The summed E-state index contributed by atoms with van der Waals surface area (Å²) in [6.45, 7) is -0.109. The normalized spacial score (nSPS) is 8.91. The molecule has 0 bridgehead atoms. The predicted molar refractivity (Wildman–Crippen MR) is 43.3 cm³/mol. The van der Waals surface area contributed by atoms with Gasteiger partial charge in [-0.15, -0.1) is 12.4 Å². The summed E-state index contributed by atoms with van der Waals surface area (Å²) in [4.78, 5) is 3.79. The molecule has 0 aromatic carbocycles. The van der Waals surface area contributed by atoms with Crippen LogP contribution in [0.15, 0.2) is 18.5 Å². The molecular weight excluding hydrogens is 166 g/mol. The summed E-state index contributed by atoms with van der Waals surface area (Å²) < 4.78 is 0. The fourth-order valence-electron chi connectivity index (χ4n) is 0.753. The number of nitrogens with zero attached hydrogens (tertiary/aromatic N) is 1. The van der Waals surface area contributed by atoms with Crippen molar-refractivity contribution in [1.29, 1.82) is 0 Å². The van der Waals surface area contributed by atoms with Crippen LogP contribution in [-0.4, -0.2) is 15.2 Å². The number of hydrogen-bond donors (Lipinski definition) is 2. The van der Waals surface area contributed by atoms with E-state index in [1.807, 2.05) is 0 Å². The van der Waals surface area contributed by atoms with Crippen LogP contribution < -0.4 is 0 Å². The molecule has 0 aliphatic rings. The van der Waals surface area contributed by atoms with Crippen LogP contribution in [0, 0.1) is 0 Å². The van der Waals surface area contributed by atoms with Crippen LogP contribution in [-0.2, 0) is 13.2 Å². The van der Waals surface area contributed by atoms with Crippen molar-refractivity contribution in [3.05, 3.63) is 29.6 Å². The van der Waals surface area contributed by atoms with E-state index in [0.717, 1.165) is 5.56 Å². The molecule has 62 valence electrons. The van der Waals surface area contributed by atoms with Crippen LogP contribution in [0.4, 0.5) is 0 Å². The lowest BCUT2D eigenvalue weighted by Gasteiger charge is -2.00. The molecule has 0 spiro atoms. The second-order valence-corrected chi connectivity index (χ2v) is 1.96. The number of aliphatic hydroxyl groups is 2. The lowest BCUT2D eigenvalue weighted by atomic mass is 10.2. The molecule has 0 radical (unpaired) electrons. The van der Waals surface area contributed by atoms with Gasteiger partial charge in [-0.3, -0.25) is 4.98 Å². The average molecular weight is 176 g/mol. The Labute approximate surface area is 71.1 Å². The Hall–Kier alpha value is -0.640. The lowest BCUT2D eigenvalue weighted by Crippen LogP contribution is -1.93. The molecule has 0 saturated heterocycles. The van der Waals surface area contributed by atoms with Crippen LogP contribution in [0.5, 0.6) is 0 Å². The summed E-state index contributed by atoms with van der Waals surface area (Å²) in [5.74, 6) is 0. The fourth-order valence-corrected chi connectivity index (χ4v) is 0.753. The Kier molecular flexibility index (Phi) is 4.77. The standard InChI is InChI=1S/C7H9NO2.ClH/c9-4-6-1-2-8-3-7(6)5-10;/h1-3,9-10H,4-5H2;1H. The molecular formula is C7H10ClNO2. The number of pyridine rings is 1. The molecule has 4 heteroatoms. The number of aliphatic hydroxyl groups excluding tert-OH is 2. The molecule has 0 amide bonds. The molecule has 0 atom stereocenters. The highest BCUT2D eigenvalue weighted by molar-refractivity contribution is 5.85. The SMILES string of the molecule is Cl.OCc1ccncc1CO. The van der Waals surface area contributed by atoms with Crippen LogP contribution >= 0.6 is 12.4 Å². The van der Waals surface area contributed by atoms with Gasteiger partial charge in [0, 0.05) is 18.0 Å². The van der Waals surface area contributed by atoms with Gasteiger partial charge in [0.15, 0.2) is 0 Å². The van der Waals surface area contributed by atoms with Crippen molar-refractivity contribution in [2.45, 2.75) is 13.2 Å². The van der Waals surface area contributed by atoms with Crippen LogP contribution in [0.2, 0.25) is 0 Å². The van der Waals surface area contributed by atoms with E-state index in [9.17, 15) is 0 Å². The smallest absolute Gasteiger partial charge is 0.0700 e. The fraction of sp³-hybridized carbons (Fsp3) is 0.286. The third-order valence-electron chi connectivity index (χ3n) is 1.35. The quantitative estimate of drug-likeness (QED) is 0.688. The molecule has 2 N–H and O–H groups in total. The van der Waals surface area contributed by atoms with Crippen molar-refractivity contribution in [1.82, 2.24) is 4.98 Å². The Bertz CT molecular complexity index is 194. The van der Waals surface area contributed by atoms with E-state index in [1.165, 1.54) is 0 Å². The largest absolute Gasteiger partial charge is 0.392 e. The Morgan fingerprint density at radius 1 is 1.18 bits per heavy atom. The van der Waals surface area contributed by atoms with E-state index in [1.54, 1.807) is 18.5 Å². The zero-order chi connectivity index (χ0) is 7.40. The minimum absolute atomic E-state index is 0. The van der Waals surface area contributed by atoms with Crippen LogP contribution in [0.25, 0.3) is 0 Å². The summed E-state index contributed by atoms with van der Waals surface area (Å²) in [5, 5.41) is 17.4. The van der Waals surface area contributed by atoms with Gasteiger partial charge in [0.25, 0.3) is 0 Å². The zero-order valence-corrected chi connectivity index (χ0v) is 6.71. The van der Waals surface area contributed by atoms with Gasteiger partial charge in [-0.2, -0.15) is 0 Å². The van der Waals surface area contributed by atoms with Crippen molar-refractivity contribution in [3.8, 4) is 0 Å². The lowest BCUT2D eigenvalue weighted by molar-refractivity contribution is 0.259. The minimum atomic E-state index is -0.0657. The van der Waals surface area contributed by atoms with E-state index in [-0.39, 0.29) is 25.6 Å². The Balaban J connectivity index is 0.000001000. The van der Waals surface area contributed by atoms with Gasteiger partial charge in [0.05, 0.1) is 13.2 Å². The highest BCUT2D eigenvalue weighted by atomic mass is 35.5. The first-order valence-electron chi connectivity index (χ1n) is 3.02. The van der Waals surface area contributed by atoms with Crippen molar-refractivity contribution in [2.75, 3.05) is 0 Å². The first kappa shape index (κ1) is 10.4. The van der Waals surface area contributed by atoms with E-state index >= 15 is 0 Å². The third kappa shape index (κ3) is 2.46. The van der Waals surface area contributed by atoms with Crippen LogP contribution in [0.3, 0.4) is 0 Å². The summed E-state index contributed by atoms with van der Waals surface area (Å²) in [6.07, 6.45) is 3.14. The minimum Gasteiger partial charge on any atom is -0.392 e. The monoisotopic (exact) mass is 175 g/mol. The number of rotatable bonds is 2. The second-order valence-electron chi connectivity index (χ2n) is 1.96. The van der Waals surface area contributed by atoms with Gasteiger partial charge in [-0.05, 0) is 11.6 Å². The van der Waals surface area contributed by atoms with Crippen molar-refractivity contribution < 1.29 is 10.2 Å². The van der Waals surface area contributed by atoms with Crippen LogP contribution in [0.1, 0.15) is 11.1 Å². The highest BCUT2D eigenvalue weighted by Crippen LogP contribution is 2.05. The molecule has 0 saturated carbocycles. The third-order valence-corrected chi connectivity index (χ3v) is 1.35. The summed E-state index contributed by atoms with van der Waals surface area (Å²) in [5.41, 5.74) is 1.42. The van der Waals surface area contributed by atoms with Crippen molar-refractivity contribution >= 4 is 12.4 Å². The molecule has 1 aromatic rings. The maximum absolute atomic E-state index is 8.71. The van der Waals surface area contributed by atoms with Crippen molar-refractivity contribution in [3.63, 3.8) is 0 Å². The average Bonchev–Trinajstić information content (AvgIpc) is 2.04. The maximum atomic E-state index is 8.71. The topological polar surface area (TPSA) is 53.4 Å². The molecule has 0 fully saturated rings. The first-order valence-corrected chi connectivity index (χ1v) is 3.02. The van der Waals surface area contributed by atoms with Gasteiger partial charge in [-0.1, -0.05) is 0 Å². The van der Waals surface area contributed by atoms with Gasteiger partial charge in [0.2, 0.25) is 0 Å². The van der Waals surface area contributed by atoms with E-state index < -0.39 is 0 Å². The molecule has 0 aliphatic carbocycles. The van der Waals surface area contributed by atoms with Gasteiger partial charge in [-0.25, -0.2) is 0 Å². The highest BCUT2D eigenvalue weighted by Gasteiger charge is 1.96. The zero-order valence-electron chi connectivity index (χ0n) is 5.90. The van der Waals surface area contributed by atoms with Gasteiger partial charge < -0.3 is 10.2 Å². The van der Waals surface area contributed by atoms with Crippen molar-refractivity contribution in [2.24, 2.45) is 0 Å². The number of halogens is 1. The Morgan fingerprint density at radius 3 is 2.27 bits per heavy atom. The molecule has 0 unspecified atom stereocenters. The molecule has 3 nitrogen and oxygen atoms in total. The molecule has 0 aliphatic heterocycles. The maximum Gasteiger partial charge on any atom is 0.0700 e. The first-order chi connectivity index (χ1) is 4.88. The number of aromatic nitrogens is 1. The molecule has 11 heavy (non-hydrogen) atoms. The van der Waals surface area contributed by atoms with Gasteiger partial charge >= 0.3 is 0 Å². The second kappa shape index (κ2) is 5.07. The predicted octanol–water partition coefficient (Wildman–Crippen LogP) is 0.488. The molecule has 1 rings (SSSR count). The molecule has 1 heterocycles. The van der Waals surface area contributed by atoms with E-state index in [4.69, 9.17) is 10.2 Å². The summed E-state index contributed by atoms with van der Waals surface area (Å²) in [7, 11) is 0. The molecule has 1 aromatic heterocycles. The van der Waals surface area contributed by atoms with Gasteiger partial charge in [0.1, 0.15) is 0 Å². The summed E-state index contributed by atoms with van der Waals surface area (Å²) >= 11 is 0. The summed E-state index contributed by atoms with van der Waals surface area (Å²) in [6, 6.07) is 1.69. The van der Waals surface area contributed by atoms with E-state index in [0.29, 0.717) is 5.56 Å². The van der Waals surface area contributed by atoms with E-state index in [2.05, 4.69) is 4.98 Å². The Morgan fingerprint density at radius 2 is 1.82 bits per heavy atom.